The second-order valence-corrected chi connectivity index (χ2v) is 5.71. The number of rotatable bonds is 10. The van der Waals surface area contributed by atoms with Gasteiger partial charge in [-0.15, -0.1) is 0 Å². The third-order valence-electron chi connectivity index (χ3n) is 3.21. The number of methoxy groups -OCH3 is 1. The van der Waals surface area contributed by atoms with Crippen molar-refractivity contribution in [2.24, 2.45) is 5.92 Å². The normalized spacial score (nSPS) is 12.7. The van der Waals surface area contributed by atoms with Crippen molar-refractivity contribution in [1.82, 2.24) is 5.32 Å². The zero-order valence-corrected chi connectivity index (χ0v) is 13.3. The summed E-state index contributed by atoms with van der Waals surface area (Å²) in [5.74, 6) is 1.61. The molecular formula is C17H29NO2. The molecule has 0 aliphatic carbocycles. The molecule has 1 unspecified atom stereocenters. The van der Waals surface area contributed by atoms with Gasteiger partial charge in [-0.1, -0.05) is 26.0 Å². The summed E-state index contributed by atoms with van der Waals surface area (Å²) in [4.78, 5) is 0. The van der Waals surface area contributed by atoms with Crippen LogP contribution in [-0.2, 0) is 11.3 Å². The van der Waals surface area contributed by atoms with E-state index in [4.69, 9.17) is 9.47 Å². The van der Waals surface area contributed by atoms with Crippen LogP contribution in [-0.4, -0.2) is 26.3 Å². The van der Waals surface area contributed by atoms with E-state index in [0.717, 1.165) is 37.6 Å². The minimum absolute atomic E-state index is 0.304. The van der Waals surface area contributed by atoms with Gasteiger partial charge in [-0.25, -0.2) is 0 Å². The molecule has 1 rings (SSSR count). The van der Waals surface area contributed by atoms with Crippen molar-refractivity contribution in [1.29, 1.82) is 0 Å². The van der Waals surface area contributed by atoms with Crippen molar-refractivity contribution in [3.8, 4) is 5.75 Å². The average molecular weight is 279 g/mol. The molecule has 1 atom stereocenters. The number of hydrogen-bond acceptors (Lipinski definition) is 3. The third-order valence-corrected chi connectivity index (χ3v) is 3.21. The Balaban J connectivity index is 2.11. The maximum absolute atomic E-state index is 5.86. The van der Waals surface area contributed by atoms with E-state index in [2.05, 4.69) is 38.2 Å². The van der Waals surface area contributed by atoms with Crippen molar-refractivity contribution in [2.75, 3.05) is 20.2 Å². The summed E-state index contributed by atoms with van der Waals surface area (Å²) in [6, 6.07) is 8.05. The van der Waals surface area contributed by atoms with Gasteiger partial charge in [-0.3, -0.25) is 0 Å². The summed E-state index contributed by atoms with van der Waals surface area (Å²) in [6.45, 7) is 9.45. The van der Waals surface area contributed by atoms with Gasteiger partial charge < -0.3 is 14.8 Å². The van der Waals surface area contributed by atoms with Crippen LogP contribution in [0.1, 0.15) is 39.2 Å². The Bertz CT molecular complexity index is 349. The van der Waals surface area contributed by atoms with Crippen LogP contribution in [0.5, 0.6) is 5.75 Å². The lowest BCUT2D eigenvalue weighted by atomic mass is 10.2. The van der Waals surface area contributed by atoms with Crippen LogP contribution in [0.3, 0.4) is 0 Å². The second kappa shape index (κ2) is 9.78. The summed E-state index contributed by atoms with van der Waals surface area (Å²) in [5, 5.41) is 3.46. The molecule has 1 aromatic carbocycles. The molecule has 114 valence electrons. The molecule has 0 amide bonds. The first-order valence-corrected chi connectivity index (χ1v) is 7.57. The van der Waals surface area contributed by atoms with Gasteiger partial charge in [0.05, 0.1) is 19.8 Å². The molecule has 0 heterocycles. The van der Waals surface area contributed by atoms with Crippen LogP contribution in [0.25, 0.3) is 0 Å². The molecule has 0 aliphatic heterocycles. The Morgan fingerprint density at radius 1 is 1.10 bits per heavy atom. The number of ether oxygens (including phenoxy) is 2. The molecule has 1 N–H and O–H groups in total. The van der Waals surface area contributed by atoms with Crippen LogP contribution >= 0.6 is 0 Å². The van der Waals surface area contributed by atoms with E-state index in [1.807, 2.05) is 12.1 Å². The zero-order valence-electron chi connectivity index (χ0n) is 13.3. The van der Waals surface area contributed by atoms with Gasteiger partial charge in [-0.2, -0.15) is 0 Å². The van der Waals surface area contributed by atoms with E-state index in [1.54, 1.807) is 7.11 Å². The molecule has 0 aliphatic rings. The van der Waals surface area contributed by atoms with E-state index in [9.17, 15) is 0 Å². The maximum atomic E-state index is 5.86. The van der Waals surface area contributed by atoms with Crippen LogP contribution < -0.4 is 10.1 Å². The van der Waals surface area contributed by atoms with Crippen molar-refractivity contribution in [3.05, 3.63) is 29.8 Å². The highest BCUT2D eigenvalue weighted by molar-refractivity contribution is 5.26. The molecular weight excluding hydrogens is 250 g/mol. The molecule has 1 aromatic rings. The second-order valence-electron chi connectivity index (χ2n) is 5.71. The highest BCUT2D eigenvalue weighted by Gasteiger charge is 2.03. The smallest absolute Gasteiger partial charge is 0.118 e. The molecule has 0 aromatic heterocycles. The topological polar surface area (TPSA) is 30.5 Å². The molecule has 0 saturated carbocycles. The van der Waals surface area contributed by atoms with Crippen molar-refractivity contribution in [3.63, 3.8) is 0 Å². The Hall–Kier alpha value is -1.06. The van der Waals surface area contributed by atoms with E-state index < -0.39 is 0 Å². The number of hydrogen-bond donors (Lipinski definition) is 1. The lowest BCUT2D eigenvalue weighted by Gasteiger charge is -2.14. The Kier molecular flexibility index (Phi) is 8.31. The highest BCUT2D eigenvalue weighted by atomic mass is 16.5. The molecule has 0 spiro atoms. The Morgan fingerprint density at radius 2 is 1.80 bits per heavy atom. The summed E-state index contributed by atoms with van der Waals surface area (Å²) in [6.07, 6.45) is 2.57. The predicted octanol–water partition coefficient (Wildman–Crippen LogP) is 3.63. The van der Waals surface area contributed by atoms with Crippen molar-refractivity contribution in [2.45, 2.75) is 46.3 Å². The van der Waals surface area contributed by atoms with Gasteiger partial charge in [0.1, 0.15) is 5.75 Å². The molecule has 3 nitrogen and oxygen atoms in total. The average Bonchev–Trinajstić information content (AvgIpc) is 2.45. The SMILES string of the molecule is COc1ccc(COC(C)CCCNCC(C)C)cc1. The fourth-order valence-electron chi connectivity index (χ4n) is 1.95. The molecule has 0 fully saturated rings. The summed E-state index contributed by atoms with van der Waals surface area (Å²) < 4.78 is 11.0. The minimum Gasteiger partial charge on any atom is -0.497 e. The first-order chi connectivity index (χ1) is 9.61. The highest BCUT2D eigenvalue weighted by Crippen LogP contribution is 2.13. The maximum Gasteiger partial charge on any atom is 0.118 e. The van der Waals surface area contributed by atoms with E-state index in [-0.39, 0.29) is 0 Å². The Morgan fingerprint density at radius 3 is 2.40 bits per heavy atom. The predicted molar refractivity (Wildman–Crippen MR) is 84.2 cm³/mol. The van der Waals surface area contributed by atoms with Gasteiger partial charge in [0, 0.05) is 0 Å². The van der Waals surface area contributed by atoms with Crippen molar-refractivity contribution >= 4 is 0 Å². The zero-order chi connectivity index (χ0) is 14.8. The first-order valence-electron chi connectivity index (χ1n) is 7.57. The van der Waals surface area contributed by atoms with E-state index in [0.29, 0.717) is 12.7 Å². The fourth-order valence-corrected chi connectivity index (χ4v) is 1.95. The lowest BCUT2D eigenvalue weighted by Crippen LogP contribution is -2.21. The van der Waals surface area contributed by atoms with Crippen LogP contribution in [0, 0.1) is 5.92 Å². The fraction of sp³-hybridized carbons (Fsp3) is 0.647. The van der Waals surface area contributed by atoms with Crippen LogP contribution in [0.15, 0.2) is 24.3 Å². The first kappa shape index (κ1) is 17.0. The van der Waals surface area contributed by atoms with Crippen LogP contribution in [0.2, 0.25) is 0 Å². The molecule has 20 heavy (non-hydrogen) atoms. The van der Waals surface area contributed by atoms with Gasteiger partial charge in [0.2, 0.25) is 0 Å². The van der Waals surface area contributed by atoms with Gasteiger partial charge in [0.15, 0.2) is 0 Å². The van der Waals surface area contributed by atoms with E-state index in [1.165, 1.54) is 5.56 Å². The number of nitrogens with one attached hydrogen (secondary N) is 1. The molecule has 3 heteroatoms. The van der Waals surface area contributed by atoms with Crippen LogP contribution in [0.4, 0.5) is 0 Å². The third kappa shape index (κ3) is 7.51. The summed E-state index contributed by atoms with van der Waals surface area (Å²) in [7, 11) is 1.68. The quantitative estimate of drug-likeness (QED) is 0.663. The summed E-state index contributed by atoms with van der Waals surface area (Å²) in [5.41, 5.74) is 1.19. The molecule has 0 radical (unpaired) electrons. The lowest BCUT2D eigenvalue weighted by molar-refractivity contribution is 0.0463. The standard InChI is InChI=1S/C17H29NO2/c1-14(2)12-18-11-5-6-15(3)20-13-16-7-9-17(19-4)10-8-16/h7-10,14-15,18H,5-6,11-13H2,1-4H3. The van der Waals surface area contributed by atoms with Gasteiger partial charge in [-0.05, 0) is 56.5 Å². The molecule has 0 saturated heterocycles. The monoisotopic (exact) mass is 279 g/mol. The van der Waals surface area contributed by atoms with Gasteiger partial charge >= 0.3 is 0 Å². The minimum atomic E-state index is 0.304. The van der Waals surface area contributed by atoms with Gasteiger partial charge in [0.25, 0.3) is 0 Å². The van der Waals surface area contributed by atoms with E-state index >= 15 is 0 Å². The Labute approximate surface area is 123 Å². The molecule has 0 bridgehead atoms. The summed E-state index contributed by atoms with van der Waals surface area (Å²) >= 11 is 0. The van der Waals surface area contributed by atoms with Crippen molar-refractivity contribution < 1.29 is 9.47 Å². The number of benzene rings is 1. The largest absolute Gasteiger partial charge is 0.497 e.